The molecule has 2 heterocycles. The van der Waals surface area contributed by atoms with Crippen molar-refractivity contribution in [1.82, 2.24) is 25.0 Å². The summed E-state index contributed by atoms with van der Waals surface area (Å²) in [4.78, 5) is 6.82. The van der Waals surface area contributed by atoms with Crippen molar-refractivity contribution in [2.45, 2.75) is 46.1 Å². The van der Waals surface area contributed by atoms with E-state index in [0.717, 1.165) is 24.9 Å². The van der Waals surface area contributed by atoms with Crippen LogP contribution in [-0.4, -0.2) is 45.8 Å². The summed E-state index contributed by atoms with van der Waals surface area (Å²) in [6.07, 6.45) is 6.80. The summed E-state index contributed by atoms with van der Waals surface area (Å²) in [5.41, 5.74) is 0.412. The first-order valence-corrected chi connectivity index (χ1v) is 7.86. The van der Waals surface area contributed by atoms with Crippen LogP contribution >= 0.6 is 0 Å². The largest absolute Gasteiger partial charge is 0.349 e. The lowest BCUT2D eigenvalue weighted by Gasteiger charge is -2.42. The van der Waals surface area contributed by atoms with Gasteiger partial charge in [0, 0.05) is 27.2 Å². The Kier molecular flexibility index (Phi) is 5.20. The summed E-state index contributed by atoms with van der Waals surface area (Å²) in [5, 5.41) is 11.4. The van der Waals surface area contributed by atoms with Gasteiger partial charge in [-0.05, 0) is 24.7 Å². The van der Waals surface area contributed by atoms with Crippen molar-refractivity contribution in [3.05, 3.63) is 12.2 Å². The van der Waals surface area contributed by atoms with Crippen LogP contribution in [0.25, 0.3) is 0 Å². The van der Waals surface area contributed by atoms with Gasteiger partial charge >= 0.3 is 0 Å². The van der Waals surface area contributed by atoms with E-state index in [1.165, 1.54) is 25.7 Å². The van der Waals surface area contributed by atoms with E-state index < -0.39 is 0 Å². The van der Waals surface area contributed by atoms with Gasteiger partial charge in [-0.3, -0.25) is 4.99 Å². The summed E-state index contributed by atoms with van der Waals surface area (Å²) in [6, 6.07) is 0. The average Bonchev–Trinajstić information content (AvgIpc) is 2.85. The number of nitrogens with zero attached hydrogens (tertiary/aromatic N) is 5. The Balaban J connectivity index is 1.96. The molecule has 1 aromatic heterocycles. The first kappa shape index (κ1) is 15.8. The second kappa shape index (κ2) is 6.91. The van der Waals surface area contributed by atoms with Gasteiger partial charge in [0.2, 0.25) is 0 Å². The fourth-order valence-corrected chi connectivity index (χ4v) is 3.26. The molecule has 6 heteroatoms. The van der Waals surface area contributed by atoms with Gasteiger partial charge in [-0.2, -0.15) is 0 Å². The minimum atomic E-state index is 0.412. The average molecular weight is 292 g/mol. The Morgan fingerprint density at radius 2 is 2.33 bits per heavy atom. The van der Waals surface area contributed by atoms with E-state index in [9.17, 15) is 0 Å². The van der Waals surface area contributed by atoms with Crippen molar-refractivity contribution >= 4 is 5.96 Å². The highest BCUT2D eigenvalue weighted by Crippen LogP contribution is 2.33. The van der Waals surface area contributed by atoms with Crippen LogP contribution in [0.2, 0.25) is 0 Å². The monoisotopic (exact) mass is 292 g/mol. The number of hydrogen-bond donors (Lipinski definition) is 1. The maximum Gasteiger partial charge on any atom is 0.194 e. The molecule has 0 saturated carbocycles. The topological polar surface area (TPSA) is 58.3 Å². The van der Waals surface area contributed by atoms with Crippen LogP contribution in [0.4, 0.5) is 0 Å². The molecule has 21 heavy (non-hydrogen) atoms. The van der Waals surface area contributed by atoms with E-state index in [1.54, 1.807) is 6.33 Å². The van der Waals surface area contributed by atoms with Gasteiger partial charge in [0.15, 0.2) is 11.8 Å². The molecule has 0 amide bonds. The van der Waals surface area contributed by atoms with E-state index in [4.69, 9.17) is 0 Å². The molecule has 0 bridgehead atoms. The zero-order valence-electron chi connectivity index (χ0n) is 13.8. The molecule has 6 nitrogen and oxygen atoms in total. The third kappa shape index (κ3) is 3.95. The van der Waals surface area contributed by atoms with Gasteiger partial charge in [0.25, 0.3) is 0 Å². The number of aryl methyl sites for hydroxylation is 1. The van der Waals surface area contributed by atoms with E-state index in [2.05, 4.69) is 39.3 Å². The Morgan fingerprint density at radius 3 is 2.95 bits per heavy atom. The lowest BCUT2D eigenvalue weighted by Crippen LogP contribution is -2.49. The normalized spacial score (nSPS) is 23.4. The van der Waals surface area contributed by atoms with Gasteiger partial charge in [-0.25, -0.2) is 0 Å². The lowest BCUT2D eigenvalue weighted by atomic mass is 9.78. The second-order valence-corrected chi connectivity index (χ2v) is 6.34. The van der Waals surface area contributed by atoms with Crippen LogP contribution in [0.1, 0.15) is 45.4 Å². The van der Waals surface area contributed by atoms with Crippen molar-refractivity contribution < 1.29 is 0 Å². The van der Waals surface area contributed by atoms with Crippen LogP contribution in [0, 0.1) is 5.41 Å². The zero-order chi connectivity index (χ0) is 15.3. The summed E-state index contributed by atoms with van der Waals surface area (Å²) >= 11 is 0. The Bertz CT molecular complexity index is 476. The van der Waals surface area contributed by atoms with Crippen molar-refractivity contribution in [2.24, 2.45) is 17.5 Å². The quantitative estimate of drug-likeness (QED) is 0.679. The standard InChI is InChI=1S/C15H28N6/c1-5-7-15(2)8-6-9-21(11-15)14(16-3)17-10-13-19-18-12-20(13)4/h12H,5-11H2,1-4H3,(H,16,17). The smallest absolute Gasteiger partial charge is 0.194 e. The van der Waals surface area contributed by atoms with Crippen LogP contribution in [0.3, 0.4) is 0 Å². The van der Waals surface area contributed by atoms with Gasteiger partial charge in [0.1, 0.15) is 6.33 Å². The van der Waals surface area contributed by atoms with Gasteiger partial charge in [-0.1, -0.05) is 20.3 Å². The molecule has 1 unspecified atom stereocenters. The highest BCUT2D eigenvalue weighted by molar-refractivity contribution is 5.79. The summed E-state index contributed by atoms with van der Waals surface area (Å²) < 4.78 is 1.93. The van der Waals surface area contributed by atoms with Gasteiger partial charge in [0.05, 0.1) is 6.54 Å². The van der Waals surface area contributed by atoms with Crippen molar-refractivity contribution in [1.29, 1.82) is 0 Å². The number of hydrogen-bond acceptors (Lipinski definition) is 3. The molecular formula is C15H28N6. The molecule has 1 atom stereocenters. The third-order valence-corrected chi connectivity index (χ3v) is 4.36. The lowest BCUT2D eigenvalue weighted by molar-refractivity contribution is 0.142. The summed E-state index contributed by atoms with van der Waals surface area (Å²) in [6.45, 7) is 7.49. The highest BCUT2D eigenvalue weighted by atomic mass is 15.3. The van der Waals surface area contributed by atoms with Gasteiger partial charge < -0.3 is 14.8 Å². The minimum absolute atomic E-state index is 0.412. The Morgan fingerprint density at radius 1 is 1.52 bits per heavy atom. The molecule has 0 radical (unpaired) electrons. The minimum Gasteiger partial charge on any atom is -0.349 e. The van der Waals surface area contributed by atoms with E-state index in [1.807, 2.05) is 18.7 Å². The molecule has 1 saturated heterocycles. The zero-order valence-corrected chi connectivity index (χ0v) is 13.8. The number of piperidine rings is 1. The number of rotatable bonds is 4. The SMILES string of the molecule is CCCC1(C)CCCN(C(=NC)NCc2nncn2C)C1. The molecule has 0 aromatic carbocycles. The van der Waals surface area contributed by atoms with Crippen LogP contribution in [0.15, 0.2) is 11.3 Å². The molecule has 2 rings (SSSR count). The fraction of sp³-hybridized carbons (Fsp3) is 0.800. The number of nitrogens with one attached hydrogen (secondary N) is 1. The molecule has 1 aromatic rings. The van der Waals surface area contributed by atoms with Crippen LogP contribution in [-0.2, 0) is 13.6 Å². The maximum absolute atomic E-state index is 4.44. The molecule has 118 valence electrons. The van der Waals surface area contributed by atoms with E-state index in [-0.39, 0.29) is 0 Å². The number of guanidine groups is 1. The highest BCUT2D eigenvalue weighted by Gasteiger charge is 2.31. The van der Waals surface area contributed by atoms with Crippen molar-refractivity contribution in [3.63, 3.8) is 0 Å². The van der Waals surface area contributed by atoms with Crippen LogP contribution in [0.5, 0.6) is 0 Å². The van der Waals surface area contributed by atoms with Crippen LogP contribution < -0.4 is 5.32 Å². The molecule has 1 N–H and O–H groups in total. The first-order valence-electron chi connectivity index (χ1n) is 7.86. The molecule has 1 aliphatic heterocycles. The number of aliphatic imine (C=N–C) groups is 1. The van der Waals surface area contributed by atoms with E-state index in [0.29, 0.717) is 12.0 Å². The van der Waals surface area contributed by atoms with E-state index >= 15 is 0 Å². The van der Waals surface area contributed by atoms with Crippen molar-refractivity contribution in [2.75, 3.05) is 20.1 Å². The first-order chi connectivity index (χ1) is 10.1. The summed E-state index contributed by atoms with van der Waals surface area (Å²) in [7, 11) is 3.81. The Hall–Kier alpha value is -1.59. The molecule has 1 fully saturated rings. The Labute approximate surface area is 127 Å². The molecule has 1 aliphatic rings. The number of likely N-dealkylation sites (tertiary alicyclic amines) is 1. The summed E-state index contributed by atoms with van der Waals surface area (Å²) in [5.74, 6) is 1.89. The molecular weight excluding hydrogens is 264 g/mol. The maximum atomic E-state index is 4.44. The fourth-order valence-electron chi connectivity index (χ4n) is 3.26. The molecule has 0 spiro atoms. The predicted molar refractivity (Wildman–Crippen MR) is 85.0 cm³/mol. The second-order valence-electron chi connectivity index (χ2n) is 6.34. The number of aromatic nitrogens is 3. The van der Waals surface area contributed by atoms with Crippen molar-refractivity contribution in [3.8, 4) is 0 Å². The molecule has 0 aliphatic carbocycles. The van der Waals surface area contributed by atoms with Gasteiger partial charge in [-0.15, -0.1) is 10.2 Å². The predicted octanol–water partition coefficient (Wildman–Crippen LogP) is 1.79. The third-order valence-electron chi connectivity index (χ3n) is 4.36.